The monoisotopic (exact) mass is 407 g/mol. The van der Waals surface area contributed by atoms with Crippen molar-refractivity contribution in [3.63, 3.8) is 0 Å². The van der Waals surface area contributed by atoms with Crippen LogP contribution in [0.2, 0.25) is 5.02 Å². The Bertz CT molecular complexity index is 1080. The summed E-state index contributed by atoms with van der Waals surface area (Å²) in [4.78, 5) is 11.3. The van der Waals surface area contributed by atoms with Gasteiger partial charge in [0.05, 0.1) is 22.0 Å². The summed E-state index contributed by atoms with van der Waals surface area (Å²) >= 11 is 10.4. The van der Waals surface area contributed by atoms with Gasteiger partial charge in [-0.05, 0) is 54.6 Å². The molecule has 0 bridgehead atoms. The first-order valence-corrected chi connectivity index (χ1v) is 9.24. The second-order valence-electron chi connectivity index (χ2n) is 6.15. The van der Waals surface area contributed by atoms with Gasteiger partial charge in [-0.2, -0.15) is 5.10 Å². The van der Waals surface area contributed by atoms with Crippen LogP contribution in [0.3, 0.4) is 0 Å². The highest BCUT2D eigenvalue weighted by atomic mass is 35.5. The van der Waals surface area contributed by atoms with E-state index < -0.39 is 4.92 Å². The first-order valence-electron chi connectivity index (χ1n) is 8.41. The third-order valence-electron chi connectivity index (χ3n) is 4.32. The van der Waals surface area contributed by atoms with Gasteiger partial charge in [-0.1, -0.05) is 23.7 Å². The van der Waals surface area contributed by atoms with Crippen molar-refractivity contribution in [1.82, 2.24) is 9.78 Å². The summed E-state index contributed by atoms with van der Waals surface area (Å²) < 4.78 is 1.84. The Balaban J connectivity index is 1.84. The molecule has 4 aromatic rings. The Hall–Kier alpha value is -3.09. The Morgan fingerprint density at radius 2 is 1.50 bits per heavy atom. The average Bonchev–Trinajstić information content (AvgIpc) is 3.14. The Labute approximate surface area is 171 Å². The highest BCUT2D eigenvalue weighted by Crippen LogP contribution is 2.30. The highest BCUT2D eigenvalue weighted by molar-refractivity contribution is 7.80. The molecule has 0 saturated heterocycles. The molecular formula is C21H14ClN3O2S. The van der Waals surface area contributed by atoms with Gasteiger partial charge in [0.15, 0.2) is 0 Å². The maximum Gasteiger partial charge on any atom is 0.269 e. The van der Waals surface area contributed by atoms with Crippen LogP contribution < -0.4 is 0 Å². The van der Waals surface area contributed by atoms with Crippen LogP contribution >= 0.6 is 24.2 Å². The number of halogens is 1. The zero-order valence-corrected chi connectivity index (χ0v) is 16.1. The smallest absolute Gasteiger partial charge is 0.258 e. The van der Waals surface area contributed by atoms with Crippen molar-refractivity contribution < 1.29 is 4.92 Å². The van der Waals surface area contributed by atoms with E-state index in [2.05, 4.69) is 12.6 Å². The molecule has 0 aliphatic rings. The van der Waals surface area contributed by atoms with Crippen molar-refractivity contribution in [3.8, 4) is 28.2 Å². The van der Waals surface area contributed by atoms with Crippen LogP contribution in [0.1, 0.15) is 0 Å². The van der Waals surface area contributed by atoms with Crippen LogP contribution in [0.25, 0.3) is 28.2 Å². The van der Waals surface area contributed by atoms with E-state index in [-0.39, 0.29) is 5.69 Å². The highest BCUT2D eigenvalue weighted by Gasteiger charge is 2.14. The summed E-state index contributed by atoms with van der Waals surface area (Å²) in [5.41, 5.74) is 4.29. The van der Waals surface area contributed by atoms with Crippen LogP contribution in [-0.4, -0.2) is 14.7 Å². The van der Waals surface area contributed by atoms with E-state index in [1.807, 2.05) is 59.3 Å². The lowest BCUT2D eigenvalue weighted by Crippen LogP contribution is -1.99. The molecule has 0 unspecified atom stereocenters. The third-order valence-corrected chi connectivity index (χ3v) is 4.87. The maximum absolute atomic E-state index is 10.9. The first-order chi connectivity index (χ1) is 13.5. The molecule has 138 valence electrons. The van der Waals surface area contributed by atoms with Gasteiger partial charge < -0.3 is 0 Å². The number of aromatic nitrogens is 2. The largest absolute Gasteiger partial charge is 0.269 e. The van der Waals surface area contributed by atoms with Gasteiger partial charge in [0.2, 0.25) is 0 Å². The summed E-state index contributed by atoms with van der Waals surface area (Å²) in [5.74, 6) is 0. The zero-order valence-electron chi connectivity index (χ0n) is 14.5. The van der Waals surface area contributed by atoms with Gasteiger partial charge in [0, 0.05) is 33.2 Å². The number of nitro benzene ring substituents is 1. The molecule has 0 aliphatic heterocycles. The lowest BCUT2D eigenvalue weighted by Gasteiger charge is -2.08. The molecule has 7 heteroatoms. The molecule has 28 heavy (non-hydrogen) atoms. The molecule has 0 aliphatic carbocycles. The Morgan fingerprint density at radius 3 is 2.11 bits per heavy atom. The Morgan fingerprint density at radius 1 is 0.893 bits per heavy atom. The molecular weight excluding hydrogens is 394 g/mol. The molecule has 4 rings (SSSR count). The van der Waals surface area contributed by atoms with E-state index in [4.69, 9.17) is 16.7 Å². The SMILES string of the molecule is O=[N+]([O-])c1ccc(-c2cc(-c3ccc(Cl)cc3)n(-c3ccc(S)cc3)n2)cc1. The van der Waals surface area contributed by atoms with Gasteiger partial charge in [-0.15, -0.1) is 12.6 Å². The van der Waals surface area contributed by atoms with E-state index in [0.717, 1.165) is 33.1 Å². The van der Waals surface area contributed by atoms with Gasteiger partial charge >= 0.3 is 0 Å². The van der Waals surface area contributed by atoms with Crippen molar-refractivity contribution in [1.29, 1.82) is 0 Å². The van der Waals surface area contributed by atoms with Gasteiger partial charge in [-0.3, -0.25) is 10.1 Å². The molecule has 1 heterocycles. The lowest BCUT2D eigenvalue weighted by molar-refractivity contribution is -0.384. The molecule has 0 saturated carbocycles. The fraction of sp³-hybridized carbons (Fsp3) is 0. The number of benzene rings is 3. The second-order valence-corrected chi connectivity index (χ2v) is 7.11. The number of hydrogen-bond donors (Lipinski definition) is 1. The van der Waals surface area contributed by atoms with Crippen molar-refractivity contribution in [3.05, 3.63) is 94.0 Å². The lowest BCUT2D eigenvalue weighted by atomic mass is 10.1. The summed E-state index contributed by atoms with van der Waals surface area (Å²) in [6, 6.07) is 23.5. The molecule has 0 amide bonds. The van der Waals surface area contributed by atoms with Gasteiger partial charge in [-0.25, -0.2) is 4.68 Å². The number of nitrogens with zero attached hydrogens (tertiary/aromatic N) is 3. The third kappa shape index (κ3) is 3.65. The van der Waals surface area contributed by atoms with Crippen molar-refractivity contribution in [2.75, 3.05) is 0 Å². The molecule has 3 aromatic carbocycles. The van der Waals surface area contributed by atoms with Crippen LogP contribution in [-0.2, 0) is 0 Å². The van der Waals surface area contributed by atoms with Crippen LogP contribution in [0.15, 0.2) is 83.8 Å². The zero-order chi connectivity index (χ0) is 19.7. The number of non-ortho nitro benzene ring substituents is 1. The molecule has 0 atom stereocenters. The maximum atomic E-state index is 10.9. The number of thiol groups is 1. The minimum atomic E-state index is -0.416. The summed E-state index contributed by atoms with van der Waals surface area (Å²) in [6.07, 6.45) is 0. The number of nitro groups is 1. The number of hydrogen-bond acceptors (Lipinski definition) is 4. The average molecular weight is 408 g/mol. The molecule has 1 aromatic heterocycles. The predicted octanol–water partition coefficient (Wildman–Crippen LogP) is 6.06. The summed E-state index contributed by atoms with van der Waals surface area (Å²) in [5, 5.41) is 16.3. The van der Waals surface area contributed by atoms with E-state index in [0.29, 0.717) is 5.02 Å². The minimum Gasteiger partial charge on any atom is -0.258 e. The quantitative estimate of drug-likeness (QED) is 0.254. The van der Waals surface area contributed by atoms with Crippen molar-refractivity contribution >= 4 is 29.9 Å². The van der Waals surface area contributed by atoms with Crippen molar-refractivity contribution in [2.45, 2.75) is 4.90 Å². The van der Waals surface area contributed by atoms with E-state index in [9.17, 15) is 10.1 Å². The van der Waals surface area contributed by atoms with Crippen LogP contribution in [0.4, 0.5) is 5.69 Å². The van der Waals surface area contributed by atoms with Gasteiger partial charge in [0.25, 0.3) is 5.69 Å². The minimum absolute atomic E-state index is 0.0467. The van der Waals surface area contributed by atoms with E-state index >= 15 is 0 Å². The van der Waals surface area contributed by atoms with E-state index in [1.165, 1.54) is 12.1 Å². The summed E-state index contributed by atoms with van der Waals surface area (Å²) in [7, 11) is 0. The predicted molar refractivity (Wildman–Crippen MR) is 113 cm³/mol. The molecule has 0 spiro atoms. The second kappa shape index (κ2) is 7.50. The van der Waals surface area contributed by atoms with Gasteiger partial charge in [0.1, 0.15) is 0 Å². The fourth-order valence-electron chi connectivity index (χ4n) is 2.89. The Kier molecular flexibility index (Phi) is 4.90. The first kappa shape index (κ1) is 18.3. The molecule has 5 nitrogen and oxygen atoms in total. The molecule has 0 fully saturated rings. The molecule has 0 N–H and O–H groups in total. The van der Waals surface area contributed by atoms with E-state index in [1.54, 1.807) is 12.1 Å². The standard InChI is InChI=1S/C21H14ClN3O2S/c22-16-5-1-15(2-6-16)21-13-20(14-3-7-18(8-4-14)25(26)27)23-24(21)17-9-11-19(28)12-10-17/h1-13,28H. The normalized spacial score (nSPS) is 10.8. The van der Waals surface area contributed by atoms with Crippen LogP contribution in [0, 0.1) is 10.1 Å². The van der Waals surface area contributed by atoms with Crippen LogP contribution in [0.5, 0.6) is 0 Å². The topological polar surface area (TPSA) is 61.0 Å². The number of rotatable bonds is 4. The fourth-order valence-corrected chi connectivity index (χ4v) is 3.17. The summed E-state index contributed by atoms with van der Waals surface area (Å²) in [6.45, 7) is 0. The van der Waals surface area contributed by atoms with Crippen molar-refractivity contribution in [2.24, 2.45) is 0 Å². The molecule has 0 radical (unpaired) electrons.